The molecular weight excluding hydrogens is 396 g/mol. The first-order chi connectivity index (χ1) is 15.0. The smallest absolute Gasteiger partial charge is 0.170 e. The summed E-state index contributed by atoms with van der Waals surface area (Å²) >= 11 is 0. The van der Waals surface area contributed by atoms with E-state index in [1.54, 1.807) is 69.2 Å². The van der Waals surface area contributed by atoms with Crippen molar-refractivity contribution in [3.05, 3.63) is 66.4 Å². The van der Waals surface area contributed by atoms with Gasteiger partial charge in [-0.05, 0) is 24.3 Å². The van der Waals surface area contributed by atoms with Crippen molar-refractivity contribution in [3.8, 4) is 22.8 Å². The number of aliphatic hydroxyl groups excluding tert-OH is 1. The predicted octanol–water partition coefficient (Wildman–Crippen LogP) is 2.19. The molecule has 2 aromatic heterocycles. The van der Waals surface area contributed by atoms with E-state index in [1.807, 2.05) is 12.1 Å². The summed E-state index contributed by atoms with van der Waals surface area (Å²) in [5, 5.41) is 10.8. The number of nitrogen functional groups attached to an aromatic ring is 1. The molecule has 1 aromatic carbocycles. The van der Waals surface area contributed by atoms with Crippen LogP contribution in [0, 0.1) is 0 Å². The maximum Gasteiger partial charge on any atom is 0.170 e. The third-order valence-electron chi connectivity index (χ3n) is 4.85. The van der Waals surface area contributed by atoms with E-state index in [1.165, 1.54) is 0 Å². The van der Waals surface area contributed by atoms with Gasteiger partial charge < -0.3 is 25.2 Å². The highest BCUT2D eigenvalue weighted by Crippen LogP contribution is 2.30. The molecule has 0 aliphatic carbocycles. The van der Waals surface area contributed by atoms with Crippen LogP contribution in [0.4, 0.5) is 5.82 Å². The fourth-order valence-electron chi connectivity index (χ4n) is 3.20. The second-order valence-corrected chi connectivity index (χ2v) is 6.88. The molecule has 1 aliphatic heterocycles. The van der Waals surface area contributed by atoms with Crippen molar-refractivity contribution in [1.29, 1.82) is 0 Å². The second kappa shape index (κ2) is 8.41. The van der Waals surface area contributed by atoms with Gasteiger partial charge in [-0.25, -0.2) is 15.0 Å². The van der Waals surface area contributed by atoms with E-state index in [2.05, 4.69) is 19.9 Å². The van der Waals surface area contributed by atoms with E-state index in [4.69, 9.17) is 15.2 Å². The number of nitrogens with two attached hydrogens (primary N) is 1. The summed E-state index contributed by atoms with van der Waals surface area (Å²) in [7, 11) is 4.87. The summed E-state index contributed by atoms with van der Waals surface area (Å²) in [5.74, 6) is 1.40. The summed E-state index contributed by atoms with van der Waals surface area (Å²) in [6.07, 6.45) is 5.69. The number of aliphatic hydroxyl groups is 1. The Hall–Kier alpha value is -3.98. The van der Waals surface area contributed by atoms with Crippen LogP contribution < -0.4 is 15.2 Å². The molecule has 0 saturated heterocycles. The zero-order valence-electron chi connectivity index (χ0n) is 17.4. The minimum atomic E-state index is -0.976. The van der Waals surface area contributed by atoms with Crippen LogP contribution in [0.2, 0.25) is 0 Å². The monoisotopic (exact) mass is 418 g/mol. The molecule has 3 aromatic rings. The molecule has 31 heavy (non-hydrogen) atoms. The molecule has 3 N–H and O–H groups in total. The lowest BCUT2D eigenvalue weighted by Crippen LogP contribution is -2.38. The molecule has 1 atom stereocenters. The Morgan fingerprint density at radius 3 is 2.45 bits per heavy atom. The average molecular weight is 418 g/mol. The van der Waals surface area contributed by atoms with Crippen LogP contribution in [0.15, 0.2) is 60.1 Å². The molecule has 0 fully saturated rings. The Morgan fingerprint density at radius 2 is 1.81 bits per heavy atom. The molecule has 9 nitrogen and oxygen atoms in total. The Labute approximate surface area is 179 Å². The van der Waals surface area contributed by atoms with Gasteiger partial charge in [0.2, 0.25) is 0 Å². The van der Waals surface area contributed by atoms with Gasteiger partial charge in [0.25, 0.3) is 0 Å². The number of hydrogen-bond donors (Lipinski definition) is 2. The maximum absolute atomic E-state index is 10.8. The minimum absolute atomic E-state index is 0.231. The molecule has 0 spiro atoms. The predicted molar refractivity (Wildman–Crippen MR) is 118 cm³/mol. The second-order valence-electron chi connectivity index (χ2n) is 6.88. The van der Waals surface area contributed by atoms with Crippen molar-refractivity contribution in [2.24, 2.45) is 4.99 Å². The van der Waals surface area contributed by atoms with Gasteiger partial charge in [0, 0.05) is 42.8 Å². The Kier molecular flexibility index (Phi) is 5.50. The van der Waals surface area contributed by atoms with Gasteiger partial charge in [-0.15, -0.1) is 0 Å². The number of nitrogens with zero attached hydrogens (tertiary/aromatic N) is 5. The summed E-state index contributed by atoms with van der Waals surface area (Å²) in [5.41, 5.74) is 9.50. The number of ether oxygens (including phenoxy) is 2. The average Bonchev–Trinajstić information content (AvgIpc) is 2.81. The van der Waals surface area contributed by atoms with E-state index < -0.39 is 6.23 Å². The Balaban J connectivity index is 1.81. The molecule has 1 aliphatic rings. The van der Waals surface area contributed by atoms with Crippen LogP contribution in [-0.2, 0) is 0 Å². The number of likely N-dealkylation sites (N-methyl/N-ethyl adjacent to an activating group) is 1. The first kappa shape index (κ1) is 20.3. The van der Waals surface area contributed by atoms with Crippen molar-refractivity contribution in [2.45, 2.75) is 6.23 Å². The lowest BCUT2D eigenvalue weighted by Gasteiger charge is -2.28. The van der Waals surface area contributed by atoms with Crippen molar-refractivity contribution < 1.29 is 14.6 Å². The summed E-state index contributed by atoms with van der Waals surface area (Å²) in [6.45, 7) is 0. The van der Waals surface area contributed by atoms with Crippen molar-refractivity contribution in [2.75, 3.05) is 27.0 Å². The van der Waals surface area contributed by atoms with Gasteiger partial charge in [0.05, 0.1) is 31.8 Å². The van der Waals surface area contributed by atoms with Crippen molar-refractivity contribution >= 4 is 17.2 Å². The Morgan fingerprint density at radius 1 is 1.06 bits per heavy atom. The lowest BCUT2D eigenvalue weighted by molar-refractivity contribution is 0.116. The highest BCUT2D eigenvalue weighted by Gasteiger charge is 2.26. The fraction of sp³-hybridized carbons (Fsp3) is 0.182. The number of benzene rings is 1. The van der Waals surface area contributed by atoms with Crippen LogP contribution in [0.1, 0.15) is 11.3 Å². The summed E-state index contributed by atoms with van der Waals surface area (Å²) in [4.78, 5) is 19.4. The molecule has 3 heterocycles. The molecule has 1 unspecified atom stereocenters. The van der Waals surface area contributed by atoms with Gasteiger partial charge >= 0.3 is 0 Å². The topological polar surface area (TPSA) is 119 Å². The molecule has 4 rings (SSSR count). The van der Waals surface area contributed by atoms with E-state index in [0.717, 1.165) is 5.56 Å². The van der Waals surface area contributed by atoms with Crippen molar-refractivity contribution in [1.82, 2.24) is 19.9 Å². The first-order valence-electron chi connectivity index (χ1n) is 9.47. The lowest BCUT2D eigenvalue weighted by atomic mass is 10.1. The third kappa shape index (κ3) is 4.03. The van der Waals surface area contributed by atoms with Crippen LogP contribution >= 0.6 is 0 Å². The number of pyridine rings is 1. The maximum atomic E-state index is 10.8. The molecule has 158 valence electrons. The Bertz CT molecular complexity index is 1140. The standard InChI is InChI=1S/C22H22N6O3/c1-28-12-18(20-21(23)25-11-17(26-20)13-5-4-6-24-10-13)27-19(22(28)29)14-7-15(30-2)9-16(8-14)31-3/h4-12,22,29H,1-3H3,(H2,23,25). The minimum Gasteiger partial charge on any atom is -0.497 e. The summed E-state index contributed by atoms with van der Waals surface area (Å²) in [6, 6.07) is 9.02. The number of anilines is 1. The zero-order chi connectivity index (χ0) is 22.0. The molecule has 0 amide bonds. The molecule has 0 radical (unpaired) electrons. The molecule has 0 bridgehead atoms. The number of rotatable bonds is 5. The highest BCUT2D eigenvalue weighted by atomic mass is 16.5. The fourth-order valence-corrected chi connectivity index (χ4v) is 3.20. The van der Waals surface area contributed by atoms with Gasteiger partial charge in [-0.3, -0.25) is 4.98 Å². The van der Waals surface area contributed by atoms with Crippen LogP contribution in [0.5, 0.6) is 11.5 Å². The van der Waals surface area contributed by atoms with E-state index in [-0.39, 0.29) is 5.82 Å². The largest absolute Gasteiger partial charge is 0.497 e. The first-order valence-corrected chi connectivity index (χ1v) is 9.47. The van der Waals surface area contributed by atoms with Gasteiger partial charge in [0.1, 0.15) is 22.9 Å². The van der Waals surface area contributed by atoms with Crippen LogP contribution in [0.3, 0.4) is 0 Å². The van der Waals surface area contributed by atoms with Crippen LogP contribution in [-0.4, -0.2) is 58.2 Å². The van der Waals surface area contributed by atoms with Crippen molar-refractivity contribution in [3.63, 3.8) is 0 Å². The number of methoxy groups -OCH3 is 2. The molecular formula is C22H22N6O3. The van der Waals surface area contributed by atoms with Gasteiger partial charge in [-0.2, -0.15) is 0 Å². The van der Waals surface area contributed by atoms with E-state index in [9.17, 15) is 5.11 Å². The molecule has 0 saturated carbocycles. The summed E-state index contributed by atoms with van der Waals surface area (Å²) < 4.78 is 10.7. The normalized spacial score (nSPS) is 15.9. The molecule has 9 heteroatoms. The third-order valence-corrected chi connectivity index (χ3v) is 4.85. The van der Waals surface area contributed by atoms with E-state index >= 15 is 0 Å². The van der Waals surface area contributed by atoms with E-state index in [0.29, 0.717) is 39.9 Å². The van der Waals surface area contributed by atoms with Gasteiger partial charge in [-0.1, -0.05) is 0 Å². The van der Waals surface area contributed by atoms with Gasteiger partial charge in [0.15, 0.2) is 12.0 Å². The number of hydrogen-bond acceptors (Lipinski definition) is 9. The SMILES string of the molecule is COc1cc(OC)cc(C2=NC(c3nc(-c4cccnc4)cnc3N)=CN(C)C2O)c1. The highest BCUT2D eigenvalue weighted by molar-refractivity contribution is 6.07. The number of aliphatic imine (C=N–C) groups is 1. The number of aromatic nitrogens is 3. The zero-order valence-corrected chi connectivity index (χ0v) is 17.4. The van der Waals surface area contributed by atoms with Crippen LogP contribution in [0.25, 0.3) is 17.0 Å². The quantitative estimate of drug-likeness (QED) is 0.647.